The van der Waals surface area contributed by atoms with Crippen LogP contribution in [0.2, 0.25) is 5.02 Å². The Bertz CT molecular complexity index is 815. The number of allylic oxidation sites excluding steroid dienone is 2. The number of nitrogens with zero attached hydrogens (tertiary/aromatic N) is 1. The Balaban J connectivity index is 1.81. The van der Waals surface area contributed by atoms with E-state index in [0.29, 0.717) is 15.6 Å². The molecule has 2 aromatic rings. The molecule has 0 atom stereocenters. The van der Waals surface area contributed by atoms with E-state index in [4.69, 9.17) is 11.6 Å². The van der Waals surface area contributed by atoms with Gasteiger partial charge in [-0.25, -0.2) is 4.90 Å². The number of imide groups is 1. The molecule has 1 aliphatic heterocycles. The van der Waals surface area contributed by atoms with Gasteiger partial charge in [-0.05, 0) is 41.6 Å². The molecule has 0 saturated carbocycles. The van der Waals surface area contributed by atoms with Gasteiger partial charge >= 0.3 is 0 Å². The molecular weight excluding hydrogens is 330 g/mol. The first-order valence-corrected chi connectivity index (χ1v) is 8.10. The second-order valence-electron chi connectivity index (χ2n) is 4.79. The van der Waals surface area contributed by atoms with Gasteiger partial charge in [-0.1, -0.05) is 60.2 Å². The highest BCUT2D eigenvalue weighted by atomic mass is 35.5. The van der Waals surface area contributed by atoms with E-state index < -0.39 is 0 Å². The molecular formula is C18H12ClNO2S. The number of amides is 2. The normalized spacial score (nSPS) is 16.7. The van der Waals surface area contributed by atoms with Gasteiger partial charge < -0.3 is 0 Å². The summed E-state index contributed by atoms with van der Waals surface area (Å²) < 4.78 is 0. The predicted molar refractivity (Wildman–Crippen MR) is 95.5 cm³/mol. The van der Waals surface area contributed by atoms with Crippen LogP contribution in [0.25, 0.3) is 6.08 Å². The molecule has 0 spiro atoms. The van der Waals surface area contributed by atoms with Gasteiger partial charge in [0.1, 0.15) is 0 Å². The second kappa shape index (κ2) is 6.86. The van der Waals surface area contributed by atoms with Crippen LogP contribution in [0.1, 0.15) is 5.56 Å². The highest BCUT2D eigenvalue weighted by molar-refractivity contribution is 8.18. The monoisotopic (exact) mass is 341 g/mol. The fourth-order valence-corrected chi connectivity index (χ4v) is 3.11. The number of thioether (sulfide) groups is 1. The second-order valence-corrected chi connectivity index (χ2v) is 6.22. The fourth-order valence-electron chi connectivity index (χ4n) is 2.13. The first-order valence-electron chi connectivity index (χ1n) is 6.90. The number of hydrogen-bond acceptors (Lipinski definition) is 3. The van der Waals surface area contributed by atoms with Gasteiger partial charge in [0, 0.05) is 5.02 Å². The van der Waals surface area contributed by atoms with Crippen molar-refractivity contribution in [2.45, 2.75) is 0 Å². The van der Waals surface area contributed by atoms with E-state index in [1.165, 1.54) is 0 Å². The van der Waals surface area contributed by atoms with Gasteiger partial charge in [0.2, 0.25) is 0 Å². The summed E-state index contributed by atoms with van der Waals surface area (Å²) in [4.78, 5) is 26.0. The summed E-state index contributed by atoms with van der Waals surface area (Å²) in [5.41, 5.74) is 1.51. The Kier molecular flexibility index (Phi) is 4.65. The van der Waals surface area contributed by atoms with Crippen LogP contribution >= 0.6 is 23.4 Å². The average molecular weight is 342 g/mol. The predicted octanol–water partition coefficient (Wildman–Crippen LogP) is 5.14. The lowest BCUT2D eigenvalue weighted by Gasteiger charge is -2.12. The zero-order valence-corrected chi connectivity index (χ0v) is 13.6. The van der Waals surface area contributed by atoms with Gasteiger partial charge in [0.05, 0.1) is 10.6 Å². The molecule has 0 N–H and O–H groups in total. The summed E-state index contributed by atoms with van der Waals surface area (Å²) in [6, 6.07) is 16.4. The Hall–Kier alpha value is -2.30. The molecule has 3 rings (SSSR count). The van der Waals surface area contributed by atoms with Gasteiger partial charge in [0.15, 0.2) is 0 Å². The van der Waals surface area contributed by atoms with E-state index in [1.807, 2.05) is 36.4 Å². The van der Waals surface area contributed by atoms with E-state index in [2.05, 4.69) is 0 Å². The fraction of sp³-hybridized carbons (Fsp3) is 0. The number of halogens is 1. The van der Waals surface area contributed by atoms with Crippen molar-refractivity contribution < 1.29 is 9.59 Å². The van der Waals surface area contributed by atoms with Crippen LogP contribution in [0.15, 0.2) is 71.7 Å². The SMILES string of the molecule is O=C1S/C(=C\C=C\c2ccccc2)C(=O)N1c1cccc(Cl)c1. The Morgan fingerprint density at radius 1 is 1.00 bits per heavy atom. The first kappa shape index (κ1) is 15.6. The lowest BCUT2D eigenvalue weighted by Crippen LogP contribution is -2.27. The summed E-state index contributed by atoms with van der Waals surface area (Å²) in [6.45, 7) is 0. The number of hydrogen-bond donors (Lipinski definition) is 0. The molecule has 1 heterocycles. The molecule has 0 aromatic heterocycles. The minimum Gasteiger partial charge on any atom is -0.268 e. The maximum absolute atomic E-state index is 12.4. The molecule has 23 heavy (non-hydrogen) atoms. The van der Waals surface area contributed by atoms with E-state index >= 15 is 0 Å². The third-order valence-electron chi connectivity index (χ3n) is 3.20. The van der Waals surface area contributed by atoms with Crippen LogP contribution in [-0.4, -0.2) is 11.1 Å². The zero-order chi connectivity index (χ0) is 16.2. The lowest BCUT2D eigenvalue weighted by atomic mass is 10.2. The number of carbonyl (C=O) groups excluding carboxylic acids is 2. The molecule has 0 unspecified atom stereocenters. The topological polar surface area (TPSA) is 37.4 Å². The third-order valence-corrected chi connectivity index (χ3v) is 4.32. The van der Waals surface area contributed by atoms with Gasteiger partial charge in [-0.3, -0.25) is 9.59 Å². The molecule has 2 aromatic carbocycles. The summed E-state index contributed by atoms with van der Waals surface area (Å²) in [5.74, 6) is -0.333. The molecule has 1 fully saturated rings. The first-order chi connectivity index (χ1) is 11.1. The van der Waals surface area contributed by atoms with Crippen molar-refractivity contribution in [3.8, 4) is 0 Å². The van der Waals surface area contributed by atoms with Gasteiger partial charge in [0.25, 0.3) is 11.1 Å². The lowest BCUT2D eigenvalue weighted by molar-refractivity contribution is -0.113. The molecule has 1 aliphatic rings. The van der Waals surface area contributed by atoms with Gasteiger partial charge in [-0.2, -0.15) is 0 Å². The van der Waals surface area contributed by atoms with Crippen LogP contribution in [-0.2, 0) is 4.79 Å². The minimum atomic E-state index is -0.333. The molecule has 0 aliphatic carbocycles. The van der Waals surface area contributed by atoms with Crippen LogP contribution in [0.3, 0.4) is 0 Å². The maximum atomic E-state index is 12.4. The van der Waals surface area contributed by atoms with Crippen LogP contribution < -0.4 is 4.90 Å². The van der Waals surface area contributed by atoms with Crippen LogP contribution in [0.4, 0.5) is 10.5 Å². The molecule has 2 amide bonds. The van der Waals surface area contributed by atoms with Crippen molar-refractivity contribution in [3.05, 3.63) is 82.2 Å². The summed E-state index contributed by atoms with van der Waals surface area (Å²) >= 11 is 6.85. The minimum absolute atomic E-state index is 0.323. The van der Waals surface area contributed by atoms with Crippen molar-refractivity contribution in [1.29, 1.82) is 0 Å². The maximum Gasteiger partial charge on any atom is 0.298 e. The van der Waals surface area contributed by atoms with Crippen molar-refractivity contribution in [3.63, 3.8) is 0 Å². The molecule has 1 saturated heterocycles. The number of carbonyl (C=O) groups is 2. The third kappa shape index (κ3) is 3.55. The van der Waals surface area contributed by atoms with E-state index in [-0.39, 0.29) is 11.1 Å². The number of anilines is 1. The standard InChI is InChI=1S/C18H12ClNO2S/c19-14-9-5-10-15(12-14)20-17(21)16(23-18(20)22)11-4-8-13-6-2-1-3-7-13/h1-12H/b8-4+,16-11-. The Morgan fingerprint density at radius 2 is 1.78 bits per heavy atom. The van der Waals surface area contributed by atoms with E-state index in [0.717, 1.165) is 22.2 Å². The Morgan fingerprint density at radius 3 is 2.52 bits per heavy atom. The average Bonchev–Trinajstić information content (AvgIpc) is 2.82. The molecule has 114 valence electrons. The van der Waals surface area contributed by atoms with Crippen LogP contribution in [0.5, 0.6) is 0 Å². The zero-order valence-electron chi connectivity index (χ0n) is 12.0. The van der Waals surface area contributed by atoms with Gasteiger partial charge in [-0.15, -0.1) is 0 Å². The summed E-state index contributed by atoms with van der Waals surface area (Å²) in [6.07, 6.45) is 5.31. The van der Waals surface area contributed by atoms with Crippen molar-refractivity contribution in [1.82, 2.24) is 0 Å². The van der Waals surface area contributed by atoms with Crippen LogP contribution in [0, 0.1) is 0 Å². The van der Waals surface area contributed by atoms with Crippen molar-refractivity contribution in [2.75, 3.05) is 4.90 Å². The highest BCUT2D eigenvalue weighted by Crippen LogP contribution is 2.35. The largest absolute Gasteiger partial charge is 0.298 e. The molecule has 0 radical (unpaired) electrons. The quantitative estimate of drug-likeness (QED) is 0.725. The van der Waals surface area contributed by atoms with E-state index in [9.17, 15) is 9.59 Å². The Labute approximate surface area is 143 Å². The summed E-state index contributed by atoms with van der Waals surface area (Å²) in [5, 5.41) is 0.158. The molecule has 5 heteroatoms. The van der Waals surface area contributed by atoms with E-state index in [1.54, 1.807) is 36.4 Å². The molecule has 0 bridgehead atoms. The smallest absolute Gasteiger partial charge is 0.268 e. The highest BCUT2D eigenvalue weighted by Gasteiger charge is 2.35. The summed E-state index contributed by atoms with van der Waals surface area (Å²) in [7, 11) is 0. The van der Waals surface area contributed by atoms with Crippen molar-refractivity contribution >= 4 is 46.3 Å². The number of benzene rings is 2. The van der Waals surface area contributed by atoms with Crippen molar-refractivity contribution in [2.24, 2.45) is 0 Å². The molecule has 3 nitrogen and oxygen atoms in total. The number of rotatable bonds is 3.